The summed E-state index contributed by atoms with van der Waals surface area (Å²) in [6.45, 7) is 3.42. The molecule has 0 fully saturated rings. The van der Waals surface area contributed by atoms with Gasteiger partial charge in [-0.3, -0.25) is 4.79 Å². The van der Waals surface area contributed by atoms with E-state index in [0.717, 1.165) is 11.5 Å². The zero-order chi connectivity index (χ0) is 14.9. The standard InChI is InChI=1S/C17H19NO3/c1-2-20-15-9-6-10-16(13-15)21-12-11-18-17(19)14-7-4-3-5-8-14/h3-10,13H,2,11-12H2,1H3,(H,18,19). The lowest BCUT2D eigenvalue weighted by Gasteiger charge is -2.09. The summed E-state index contributed by atoms with van der Waals surface area (Å²) in [7, 11) is 0. The molecule has 0 unspecified atom stereocenters. The molecule has 110 valence electrons. The van der Waals surface area contributed by atoms with Crippen LogP contribution in [-0.4, -0.2) is 25.7 Å². The topological polar surface area (TPSA) is 47.6 Å². The molecule has 0 radical (unpaired) electrons. The first-order valence-electron chi connectivity index (χ1n) is 6.98. The Morgan fingerprint density at radius 1 is 1.00 bits per heavy atom. The maximum Gasteiger partial charge on any atom is 0.251 e. The maximum absolute atomic E-state index is 11.8. The number of carbonyl (C=O) groups is 1. The van der Waals surface area contributed by atoms with Crippen LogP contribution in [0.3, 0.4) is 0 Å². The van der Waals surface area contributed by atoms with Crippen LogP contribution in [0.4, 0.5) is 0 Å². The number of hydrogen-bond donors (Lipinski definition) is 1. The third-order valence-electron chi connectivity index (χ3n) is 2.81. The van der Waals surface area contributed by atoms with Crippen molar-refractivity contribution < 1.29 is 14.3 Å². The van der Waals surface area contributed by atoms with Gasteiger partial charge in [0.1, 0.15) is 18.1 Å². The molecule has 4 nitrogen and oxygen atoms in total. The van der Waals surface area contributed by atoms with E-state index in [0.29, 0.717) is 25.3 Å². The molecule has 0 aliphatic rings. The van der Waals surface area contributed by atoms with Gasteiger partial charge in [-0.05, 0) is 31.2 Å². The second-order valence-electron chi connectivity index (χ2n) is 4.38. The largest absolute Gasteiger partial charge is 0.494 e. The number of ether oxygens (including phenoxy) is 2. The summed E-state index contributed by atoms with van der Waals surface area (Å²) < 4.78 is 11.0. The van der Waals surface area contributed by atoms with Crippen LogP contribution >= 0.6 is 0 Å². The van der Waals surface area contributed by atoms with Crippen molar-refractivity contribution in [3.05, 3.63) is 60.2 Å². The highest BCUT2D eigenvalue weighted by Gasteiger charge is 2.03. The van der Waals surface area contributed by atoms with Gasteiger partial charge in [-0.15, -0.1) is 0 Å². The fourth-order valence-electron chi connectivity index (χ4n) is 1.85. The Morgan fingerprint density at radius 3 is 2.43 bits per heavy atom. The van der Waals surface area contributed by atoms with Gasteiger partial charge in [0, 0.05) is 11.6 Å². The fraction of sp³-hybridized carbons (Fsp3) is 0.235. The molecule has 0 heterocycles. The molecule has 1 N–H and O–H groups in total. The van der Waals surface area contributed by atoms with Crippen molar-refractivity contribution in [1.82, 2.24) is 5.32 Å². The van der Waals surface area contributed by atoms with E-state index in [1.807, 2.05) is 49.4 Å². The molecule has 0 atom stereocenters. The number of benzene rings is 2. The molecular weight excluding hydrogens is 266 g/mol. The van der Waals surface area contributed by atoms with Gasteiger partial charge in [0.05, 0.1) is 13.2 Å². The summed E-state index contributed by atoms with van der Waals surface area (Å²) in [4.78, 5) is 11.8. The zero-order valence-electron chi connectivity index (χ0n) is 12.0. The predicted octanol–water partition coefficient (Wildman–Crippen LogP) is 2.89. The van der Waals surface area contributed by atoms with E-state index >= 15 is 0 Å². The Morgan fingerprint density at radius 2 is 1.71 bits per heavy atom. The lowest BCUT2D eigenvalue weighted by atomic mass is 10.2. The monoisotopic (exact) mass is 285 g/mol. The van der Waals surface area contributed by atoms with Crippen molar-refractivity contribution in [2.75, 3.05) is 19.8 Å². The van der Waals surface area contributed by atoms with E-state index < -0.39 is 0 Å². The third-order valence-corrected chi connectivity index (χ3v) is 2.81. The molecule has 0 aliphatic heterocycles. The minimum Gasteiger partial charge on any atom is -0.494 e. The number of nitrogens with one attached hydrogen (secondary N) is 1. The van der Waals surface area contributed by atoms with Gasteiger partial charge in [0.15, 0.2) is 0 Å². The van der Waals surface area contributed by atoms with E-state index in [1.165, 1.54) is 0 Å². The van der Waals surface area contributed by atoms with Gasteiger partial charge in [0.25, 0.3) is 5.91 Å². The van der Waals surface area contributed by atoms with Crippen molar-refractivity contribution in [3.8, 4) is 11.5 Å². The van der Waals surface area contributed by atoms with Crippen molar-refractivity contribution in [3.63, 3.8) is 0 Å². The molecule has 0 saturated carbocycles. The third kappa shape index (κ3) is 4.84. The van der Waals surface area contributed by atoms with Crippen molar-refractivity contribution >= 4 is 5.91 Å². The highest BCUT2D eigenvalue weighted by molar-refractivity contribution is 5.94. The molecule has 0 aromatic heterocycles. The SMILES string of the molecule is CCOc1cccc(OCCNC(=O)c2ccccc2)c1. The lowest BCUT2D eigenvalue weighted by molar-refractivity contribution is 0.0947. The summed E-state index contributed by atoms with van der Waals surface area (Å²) >= 11 is 0. The van der Waals surface area contributed by atoms with Crippen LogP contribution in [0.5, 0.6) is 11.5 Å². The van der Waals surface area contributed by atoms with E-state index in [4.69, 9.17) is 9.47 Å². The van der Waals surface area contributed by atoms with Gasteiger partial charge in [0.2, 0.25) is 0 Å². The van der Waals surface area contributed by atoms with Gasteiger partial charge in [-0.2, -0.15) is 0 Å². The predicted molar refractivity (Wildman–Crippen MR) is 81.9 cm³/mol. The van der Waals surface area contributed by atoms with E-state index in [1.54, 1.807) is 12.1 Å². The van der Waals surface area contributed by atoms with E-state index in [9.17, 15) is 4.79 Å². The molecule has 2 aromatic rings. The first-order chi connectivity index (χ1) is 10.3. The summed E-state index contributed by atoms with van der Waals surface area (Å²) in [6.07, 6.45) is 0. The number of amides is 1. The van der Waals surface area contributed by atoms with E-state index in [2.05, 4.69) is 5.32 Å². The van der Waals surface area contributed by atoms with Crippen LogP contribution in [0.15, 0.2) is 54.6 Å². The highest BCUT2D eigenvalue weighted by Crippen LogP contribution is 2.19. The summed E-state index contributed by atoms with van der Waals surface area (Å²) in [6, 6.07) is 16.6. The number of hydrogen-bond acceptors (Lipinski definition) is 3. The Hall–Kier alpha value is -2.49. The van der Waals surface area contributed by atoms with Gasteiger partial charge in [-0.25, -0.2) is 0 Å². The maximum atomic E-state index is 11.8. The average molecular weight is 285 g/mol. The minimum absolute atomic E-state index is 0.0951. The first kappa shape index (κ1) is 14.9. The molecule has 0 saturated heterocycles. The van der Waals surface area contributed by atoms with Gasteiger partial charge < -0.3 is 14.8 Å². The molecular formula is C17H19NO3. The Bertz CT molecular complexity index is 569. The lowest BCUT2D eigenvalue weighted by Crippen LogP contribution is -2.27. The normalized spacial score (nSPS) is 9.95. The molecule has 1 amide bonds. The number of carbonyl (C=O) groups excluding carboxylic acids is 1. The minimum atomic E-state index is -0.0951. The quantitative estimate of drug-likeness (QED) is 0.796. The summed E-state index contributed by atoms with van der Waals surface area (Å²) in [5, 5.41) is 2.81. The van der Waals surface area contributed by atoms with Crippen molar-refractivity contribution in [2.24, 2.45) is 0 Å². The Balaban J connectivity index is 1.74. The molecule has 4 heteroatoms. The van der Waals surface area contributed by atoms with Crippen LogP contribution in [-0.2, 0) is 0 Å². The van der Waals surface area contributed by atoms with Crippen LogP contribution < -0.4 is 14.8 Å². The van der Waals surface area contributed by atoms with E-state index in [-0.39, 0.29) is 5.91 Å². The van der Waals surface area contributed by atoms with Crippen molar-refractivity contribution in [2.45, 2.75) is 6.92 Å². The molecule has 2 aromatic carbocycles. The van der Waals surface area contributed by atoms with Crippen LogP contribution in [0.25, 0.3) is 0 Å². The second kappa shape index (κ2) is 7.94. The molecule has 0 bridgehead atoms. The first-order valence-corrected chi connectivity index (χ1v) is 6.98. The van der Waals surface area contributed by atoms with Crippen LogP contribution in [0.2, 0.25) is 0 Å². The van der Waals surface area contributed by atoms with Crippen LogP contribution in [0.1, 0.15) is 17.3 Å². The Labute approximate surface area is 124 Å². The molecule has 0 aliphatic carbocycles. The fourth-order valence-corrected chi connectivity index (χ4v) is 1.85. The molecule has 0 spiro atoms. The average Bonchev–Trinajstić information content (AvgIpc) is 2.53. The molecule has 21 heavy (non-hydrogen) atoms. The summed E-state index contributed by atoms with van der Waals surface area (Å²) in [5.41, 5.74) is 0.649. The van der Waals surface area contributed by atoms with Crippen LogP contribution in [0, 0.1) is 0 Å². The zero-order valence-corrected chi connectivity index (χ0v) is 12.0. The number of rotatable bonds is 7. The summed E-state index contributed by atoms with van der Waals surface area (Å²) in [5.74, 6) is 1.42. The second-order valence-corrected chi connectivity index (χ2v) is 4.38. The Kier molecular flexibility index (Phi) is 5.64. The molecule has 2 rings (SSSR count). The van der Waals surface area contributed by atoms with Gasteiger partial charge >= 0.3 is 0 Å². The highest BCUT2D eigenvalue weighted by atomic mass is 16.5. The van der Waals surface area contributed by atoms with Crippen molar-refractivity contribution in [1.29, 1.82) is 0 Å². The smallest absolute Gasteiger partial charge is 0.251 e. The van der Waals surface area contributed by atoms with Gasteiger partial charge in [-0.1, -0.05) is 24.3 Å².